The fraction of sp³-hybridized carbons (Fsp3) is 0.308. The molecule has 2 aliphatic heterocycles. The van der Waals surface area contributed by atoms with Crippen molar-refractivity contribution >= 4 is 23.2 Å². The molecule has 1 aromatic heterocycles. The van der Waals surface area contributed by atoms with Crippen LogP contribution in [0.15, 0.2) is 72.9 Å². The lowest BCUT2D eigenvalue weighted by atomic mass is 10.1. The van der Waals surface area contributed by atoms with Gasteiger partial charge in [-0.2, -0.15) is 0 Å². The maximum Gasteiger partial charge on any atom is 0.227 e. The van der Waals surface area contributed by atoms with E-state index in [0.29, 0.717) is 18.1 Å². The number of pyridine rings is 1. The van der Waals surface area contributed by atoms with Crippen LogP contribution in [0.1, 0.15) is 16.7 Å². The molecule has 0 N–H and O–H groups in total. The predicted octanol–water partition coefficient (Wildman–Crippen LogP) is 4.01. The molecule has 6 heteroatoms. The molecule has 3 aromatic rings. The number of halogens is 1. The summed E-state index contributed by atoms with van der Waals surface area (Å²) in [5.74, 6) is 0.131. The van der Waals surface area contributed by atoms with Crippen LogP contribution in [0.2, 0.25) is 5.15 Å². The Morgan fingerprint density at radius 2 is 1.75 bits per heavy atom. The molecule has 0 saturated carbocycles. The van der Waals surface area contributed by atoms with Gasteiger partial charge in [-0.15, -0.1) is 0 Å². The highest BCUT2D eigenvalue weighted by molar-refractivity contribution is 6.29. The van der Waals surface area contributed by atoms with E-state index >= 15 is 0 Å². The number of aromatic nitrogens is 1. The number of para-hydroxylation sites is 1. The lowest BCUT2D eigenvalue weighted by Crippen LogP contribution is -2.56. The average Bonchev–Trinajstić information content (AvgIpc) is 2.98. The summed E-state index contributed by atoms with van der Waals surface area (Å²) in [5, 5.41) is 0.446. The van der Waals surface area contributed by atoms with Crippen LogP contribution in [-0.4, -0.2) is 52.9 Å². The quantitative estimate of drug-likeness (QED) is 0.568. The van der Waals surface area contributed by atoms with Crippen molar-refractivity contribution in [2.75, 3.05) is 31.1 Å². The molecule has 1 saturated heterocycles. The molecule has 0 bridgehead atoms. The van der Waals surface area contributed by atoms with Gasteiger partial charge in [-0.05, 0) is 28.8 Å². The Bertz CT molecular complexity index is 1070. The normalized spacial score (nSPS) is 18.6. The van der Waals surface area contributed by atoms with E-state index in [-0.39, 0.29) is 11.9 Å². The molecule has 0 radical (unpaired) electrons. The van der Waals surface area contributed by atoms with Gasteiger partial charge < -0.3 is 9.80 Å². The number of amides is 1. The molecule has 0 spiro atoms. The maximum absolute atomic E-state index is 13.3. The first-order valence-electron chi connectivity index (χ1n) is 11.1. The Hall–Kier alpha value is -2.89. The Kier molecular flexibility index (Phi) is 6.10. The van der Waals surface area contributed by atoms with Crippen LogP contribution in [0.25, 0.3) is 0 Å². The molecule has 2 aliphatic rings. The van der Waals surface area contributed by atoms with Gasteiger partial charge in [-0.3, -0.25) is 9.69 Å². The summed E-state index contributed by atoms with van der Waals surface area (Å²) in [5.41, 5.74) is 4.70. The van der Waals surface area contributed by atoms with Gasteiger partial charge in [-0.1, -0.05) is 66.2 Å². The Morgan fingerprint density at radius 1 is 0.938 bits per heavy atom. The number of anilines is 1. The van der Waals surface area contributed by atoms with Crippen molar-refractivity contribution in [1.29, 1.82) is 0 Å². The van der Waals surface area contributed by atoms with Gasteiger partial charge >= 0.3 is 0 Å². The molecule has 5 rings (SSSR count). The number of benzene rings is 2. The zero-order valence-electron chi connectivity index (χ0n) is 18.0. The first-order valence-corrected chi connectivity index (χ1v) is 11.5. The summed E-state index contributed by atoms with van der Waals surface area (Å²) in [6.45, 7) is 5.23. The molecule has 1 amide bonds. The monoisotopic (exact) mass is 446 g/mol. The number of piperazine rings is 1. The number of hydrogen-bond acceptors (Lipinski definition) is 4. The molecule has 164 valence electrons. The first kappa shape index (κ1) is 21.0. The molecular weight excluding hydrogens is 420 g/mol. The first-order chi connectivity index (χ1) is 15.7. The van der Waals surface area contributed by atoms with Gasteiger partial charge in [0, 0.05) is 51.2 Å². The highest BCUT2D eigenvalue weighted by Gasteiger charge is 2.34. The minimum atomic E-state index is 0.131. The summed E-state index contributed by atoms with van der Waals surface area (Å²) in [4.78, 5) is 24.5. The number of hydrogen-bond donors (Lipinski definition) is 0. The van der Waals surface area contributed by atoms with Gasteiger partial charge in [0.1, 0.15) is 5.15 Å². The van der Waals surface area contributed by atoms with Crippen molar-refractivity contribution in [2.45, 2.75) is 25.6 Å². The van der Waals surface area contributed by atoms with Crippen molar-refractivity contribution in [3.05, 3.63) is 94.8 Å². The molecule has 1 atom stereocenters. The van der Waals surface area contributed by atoms with E-state index in [1.807, 2.05) is 11.0 Å². The minimum Gasteiger partial charge on any atom is -0.364 e. The highest BCUT2D eigenvalue weighted by Crippen LogP contribution is 2.30. The van der Waals surface area contributed by atoms with E-state index in [1.54, 1.807) is 12.3 Å². The van der Waals surface area contributed by atoms with E-state index in [2.05, 4.69) is 69.4 Å². The van der Waals surface area contributed by atoms with E-state index in [0.717, 1.165) is 38.3 Å². The van der Waals surface area contributed by atoms with Crippen LogP contribution < -0.4 is 4.90 Å². The number of fused-ring (bicyclic) bond motifs is 3. The number of rotatable bonds is 4. The summed E-state index contributed by atoms with van der Waals surface area (Å²) in [6.07, 6.45) is 2.04. The predicted molar refractivity (Wildman–Crippen MR) is 128 cm³/mol. The van der Waals surface area contributed by atoms with E-state index in [9.17, 15) is 4.79 Å². The molecule has 1 fully saturated rings. The zero-order valence-corrected chi connectivity index (χ0v) is 18.8. The van der Waals surface area contributed by atoms with E-state index in [1.165, 1.54) is 16.8 Å². The van der Waals surface area contributed by atoms with Crippen molar-refractivity contribution < 1.29 is 4.79 Å². The SMILES string of the molecule is O=C(Cc1ccc(Cl)nc1)N1Cc2ccccc2N2CCN(Cc3ccccc3)CC2C1. The largest absolute Gasteiger partial charge is 0.364 e. The molecule has 1 unspecified atom stereocenters. The van der Waals surface area contributed by atoms with E-state index in [4.69, 9.17) is 11.6 Å². The van der Waals surface area contributed by atoms with Crippen molar-refractivity contribution in [1.82, 2.24) is 14.8 Å². The third-order valence-electron chi connectivity index (χ3n) is 6.41. The molecular formula is C26H27ClN4O. The smallest absolute Gasteiger partial charge is 0.227 e. The number of nitrogens with zero attached hydrogens (tertiary/aromatic N) is 4. The van der Waals surface area contributed by atoms with Crippen LogP contribution in [0.5, 0.6) is 0 Å². The molecule has 32 heavy (non-hydrogen) atoms. The average molecular weight is 447 g/mol. The second kappa shape index (κ2) is 9.31. The number of carbonyl (C=O) groups excluding carboxylic acids is 1. The van der Waals surface area contributed by atoms with Gasteiger partial charge in [0.15, 0.2) is 0 Å². The van der Waals surface area contributed by atoms with Crippen molar-refractivity contribution in [3.63, 3.8) is 0 Å². The van der Waals surface area contributed by atoms with Gasteiger partial charge in [0.25, 0.3) is 0 Å². The second-order valence-electron chi connectivity index (χ2n) is 8.64. The van der Waals surface area contributed by atoms with Crippen molar-refractivity contribution in [2.24, 2.45) is 0 Å². The van der Waals surface area contributed by atoms with Gasteiger partial charge in [-0.25, -0.2) is 4.98 Å². The summed E-state index contributed by atoms with van der Waals surface area (Å²) >= 11 is 5.91. The third-order valence-corrected chi connectivity index (χ3v) is 6.63. The topological polar surface area (TPSA) is 39.7 Å². The zero-order chi connectivity index (χ0) is 21.9. The molecule has 5 nitrogen and oxygen atoms in total. The lowest BCUT2D eigenvalue weighted by Gasteiger charge is -2.43. The van der Waals surface area contributed by atoms with Crippen LogP contribution in [-0.2, 0) is 24.3 Å². The fourth-order valence-electron chi connectivity index (χ4n) is 4.82. The third kappa shape index (κ3) is 4.64. The summed E-state index contributed by atoms with van der Waals surface area (Å²) in [7, 11) is 0. The summed E-state index contributed by atoms with van der Waals surface area (Å²) in [6, 6.07) is 23.0. The Labute approximate surface area is 194 Å². The Morgan fingerprint density at radius 3 is 2.56 bits per heavy atom. The van der Waals surface area contributed by atoms with Crippen LogP contribution >= 0.6 is 11.6 Å². The minimum absolute atomic E-state index is 0.131. The maximum atomic E-state index is 13.3. The lowest BCUT2D eigenvalue weighted by molar-refractivity contribution is -0.131. The molecule has 0 aliphatic carbocycles. The van der Waals surface area contributed by atoms with Crippen LogP contribution in [0.3, 0.4) is 0 Å². The van der Waals surface area contributed by atoms with Gasteiger partial charge in [0.05, 0.1) is 12.5 Å². The molecule has 2 aromatic carbocycles. The van der Waals surface area contributed by atoms with Crippen LogP contribution in [0.4, 0.5) is 5.69 Å². The fourth-order valence-corrected chi connectivity index (χ4v) is 4.93. The highest BCUT2D eigenvalue weighted by atomic mass is 35.5. The number of carbonyl (C=O) groups is 1. The van der Waals surface area contributed by atoms with Gasteiger partial charge in [0.2, 0.25) is 5.91 Å². The van der Waals surface area contributed by atoms with E-state index < -0.39 is 0 Å². The second-order valence-corrected chi connectivity index (χ2v) is 9.02. The standard InChI is InChI=1S/C26H27ClN4O/c27-25-11-10-21(15-28-25)14-26(32)30-17-22-8-4-5-9-24(22)31-13-12-29(18-23(31)19-30)16-20-6-2-1-3-7-20/h1-11,15,23H,12-14,16-19H2. The summed E-state index contributed by atoms with van der Waals surface area (Å²) < 4.78 is 0. The van der Waals surface area contributed by atoms with Crippen molar-refractivity contribution in [3.8, 4) is 0 Å². The van der Waals surface area contributed by atoms with Crippen LogP contribution in [0, 0.1) is 0 Å². The Balaban J connectivity index is 1.36. The molecule has 3 heterocycles.